The van der Waals surface area contributed by atoms with E-state index < -0.39 is 0 Å². The van der Waals surface area contributed by atoms with E-state index in [1.807, 2.05) is 0 Å². The molecule has 1 aromatic rings. The van der Waals surface area contributed by atoms with E-state index in [4.69, 9.17) is 4.52 Å². The van der Waals surface area contributed by atoms with Crippen LogP contribution in [-0.2, 0) is 9.59 Å². The van der Waals surface area contributed by atoms with Crippen LogP contribution in [0.3, 0.4) is 0 Å². The molecule has 0 radical (unpaired) electrons. The minimum Gasteiger partial charge on any atom is -0.360 e. The molecule has 2 amide bonds. The summed E-state index contributed by atoms with van der Waals surface area (Å²) in [5.74, 6) is 1.42. The molecule has 1 saturated carbocycles. The Morgan fingerprint density at radius 3 is 2.71 bits per heavy atom. The van der Waals surface area contributed by atoms with Gasteiger partial charge in [0.15, 0.2) is 5.82 Å². The predicted octanol–water partition coefficient (Wildman–Crippen LogP) is 3.52. The zero-order chi connectivity index (χ0) is 17.4. The molecule has 0 atom stereocenters. The predicted molar refractivity (Wildman–Crippen MR) is 92.5 cm³/mol. The van der Waals surface area contributed by atoms with Crippen LogP contribution in [0, 0.1) is 12.8 Å². The first kappa shape index (κ1) is 18.5. The fourth-order valence-corrected chi connectivity index (χ4v) is 3.20. The third kappa shape index (κ3) is 5.98. The van der Waals surface area contributed by atoms with Crippen LogP contribution in [0.25, 0.3) is 0 Å². The summed E-state index contributed by atoms with van der Waals surface area (Å²) in [4.78, 5) is 26.5. The van der Waals surface area contributed by atoms with Crippen molar-refractivity contribution in [2.75, 3.05) is 18.4 Å². The van der Waals surface area contributed by atoms with Gasteiger partial charge in [0.05, 0.1) is 6.54 Å². The molecule has 0 saturated heterocycles. The van der Waals surface area contributed by atoms with Crippen molar-refractivity contribution in [1.29, 1.82) is 0 Å². The minimum atomic E-state index is -0.219. The van der Waals surface area contributed by atoms with Crippen LogP contribution in [-0.4, -0.2) is 35.0 Å². The number of hydrogen-bond acceptors (Lipinski definition) is 4. The standard InChI is InChI=1S/C18H29N3O3/c1-3-4-10-18(23)21(12-15-8-6-5-7-9-15)13-17(22)19-16-11-14(2)24-20-16/h11,15H,3-10,12-13H2,1-2H3,(H,19,20,22). The van der Waals surface area contributed by atoms with Crippen LogP contribution in [0.5, 0.6) is 0 Å². The first-order valence-corrected chi connectivity index (χ1v) is 9.09. The summed E-state index contributed by atoms with van der Waals surface area (Å²) < 4.78 is 4.95. The second kappa shape index (κ2) is 9.45. The second-order valence-electron chi connectivity index (χ2n) is 6.75. The third-order valence-corrected chi connectivity index (χ3v) is 4.53. The van der Waals surface area contributed by atoms with Crippen molar-refractivity contribution in [3.8, 4) is 0 Å². The van der Waals surface area contributed by atoms with Crippen molar-refractivity contribution in [1.82, 2.24) is 10.1 Å². The zero-order valence-electron chi connectivity index (χ0n) is 14.8. The molecular weight excluding hydrogens is 306 g/mol. The first-order valence-electron chi connectivity index (χ1n) is 9.09. The van der Waals surface area contributed by atoms with Gasteiger partial charge in [0.1, 0.15) is 5.76 Å². The molecule has 0 aliphatic heterocycles. The van der Waals surface area contributed by atoms with Gasteiger partial charge in [-0.25, -0.2) is 0 Å². The number of anilines is 1. The van der Waals surface area contributed by atoms with Gasteiger partial charge in [0.2, 0.25) is 11.8 Å². The average molecular weight is 335 g/mol. The summed E-state index contributed by atoms with van der Waals surface area (Å²) in [6.45, 7) is 4.61. The fourth-order valence-electron chi connectivity index (χ4n) is 3.20. The second-order valence-corrected chi connectivity index (χ2v) is 6.75. The Hall–Kier alpha value is -1.85. The Morgan fingerprint density at radius 1 is 1.33 bits per heavy atom. The summed E-state index contributed by atoms with van der Waals surface area (Å²) >= 11 is 0. The van der Waals surface area contributed by atoms with Crippen molar-refractivity contribution in [2.45, 2.75) is 65.2 Å². The fraction of sp³-hybridized carbons (Fsp3) is 0.722. The highest BCUT2D eigenvalue weighted by Crippen LogP contribution is 2.24. The maximum atomic E-state index is 12.5. The van der Waals surface area contributed by atoms with Gasteiger partial charge in [0, 0.05) is 19.0 Å². The molecule has 1 aromatic heterocycles. The van der Waals surface area contributed by atoms with Crippen LogP contribution in [0.2, 0.25) is 0 Å². The lowest BCUT2D eigenvalue weighted by atomic mass is 9.89. The summed E-state index contributed by atoms with van der Waals surface area (Å²) in [6.07, 6.45) is 8.41. The zero-order valence-corrected chi connectivity index (χ0v) is 14.8. The van der Waals surface area contributed by atoms with Crippen LogP contribution in [0.4, 0.5) is 5.82 Å². The lowest BCUT2D eigenvalue weighted by Crippen LogP contribution is -2.41. The highest BCUT2D eigenvalue weighted by molar-refractivity contribution is 5.93. The van der Waals surface area contributed by atoms with Gasteiger partial charge in [0.25, 0.3) is 0 Å². The van der Waals surface area contributed by atoms with Gasteiger partial charge in [-0.2, -0.15) is 0 Å². The number of unbranched alkanes of at least 4 members (excludes halogenated alkanes) is 1. The molecule has 1 aliphatic carbocycles. The highest BCUT2D eigenvalue weighted by Gasteiger charge is 2.23. The third-order valence-electron chi connectivity index (χ3n) is 4.53. The number of aromatic nitrogens is 1. The minimum absolute atomic E-state index is 0.0777. The summed E-state index contributed by atoms with van der Waals surface area (Å²) in [6, 6.07) is 1.67. The topological polar surface area (TPSA) is 75.4 Å². The number of nitrogens with one attached hydrogen (secondary N) is 1. The van der Waals surface area contributed by atoms with Gasteiger partial charge >= 0.3 is 0 Å². The van der Waals surface area contributed by atoms with Gasteiger partial charge in [-0.3, -0.25) is 9.59 Å². The van der Waals surface area contributed by atoms with Crippen LogP contribution in [0.15, 0.2) is 10.6 Å². The molecule has 0 spiro atoms. The summed E-state index contributed by atoms with van der Waals surface area (Å²) in [7, 11) is 0. The lowest BCUT2D eigenvalue weighted by Gasteiger charge is -2.29. The van der Waals surface area contributed by atoms with E-state index in [-0.39, 0.29) is 18.4 Å². The number of nitrogens with zero attached hydrogens (tertiary/aromatic N) is 2. The molecule has 1 heterocycles. The van der Waals surface area contributed by atoms with E-state index in [0.717, 1.165) is 25.7 Å². The summed E-state index contributed by atoms with van der Waals surface area (Å²) in [5, 5.41) is 6.47. The number of rotatable bonds is 8. The van der Waals surface area contributed by atoms with E-state index in [2.05, 4.69) is 17.4 Å². The smallest absolute Gasteiger partial charge is 0.245 e. The molecule has 0 bridgehead atoms. The number of carbonyl (C=O) groups is 2. The van der Waals surface area contributed by atoms with E-state index in [1.54, 1.807) is 17.9 Å². The Bertz CT molecular complexity index is 535. The summed E-state index contributed by atoms with van der Waals surface area (Å²) in [5.41, 5.74) is 0. The van der Waals surface area contributed by atoms with Crippen molar-refractivity contribution in [2.24, 2.45) is 5.92 Å². The van der Waals surface area contributed by atoms with Crippen LogP contribution in [0.1, 0.15) is 64.1 Å². The molecule has 0 unspecified atom stereocenters. The van der Waals surface area contributed by atoms with Gasteiger partial charge in [-0.15, -0.1) is 0 Å². The number of carbonyl (C=O) groups excluding carboxylic acids is 2. The van der Waals surface area contributed by atoms with E-state index in [9.17, 15) is 9.59 Å². The molecule has 24 heavy (non-hydrogen) atoms. The maximum absolute atomic E-state index is 12.5. The number of aryl methyl sites for hydroxylation is 1. The van der Waals surface area contributed by atoms with Crippen molar-refractivity contribution < 1.29 is 14.1 Å². The van der Waals surface area contributed by atoms with Gasteiger partial charge in [-0.05, 0) is 32.1 Å². The quantitative estimate of drug-likeness (QED) is 0.788. The molecule has 0 aromatic carbocycles. The SMILES string of the molecule is CCCCC(=O)N(CC(=O)Nc1cc(C)on1)CC1CCCCC1. The largest absolute Gasteiger partial charge is 0.360 e. The Labute approximate surface area is 143 Å². The van der Waals surface area contributed by atoms with E-state index in [1.165, 1.54) is 19.3 Å². The molecule has 6 nitrogen and oxygen atoms in total. The monoisotopic (exact) mass is 335 g/mol. The maximum Gasteiger partial charge on any atom is 0.245 e. The Kier molecular flexibility index (Phi) is 7.28. The highest BCUT2D eigenvalue weighted by atomic mass is 16.5. The Balaban J connectivity index is 1.92. The van der Waals surface area contributed by atoms with Crippen LogP contribution >= 0.6 is 0 Å². The van der Waals surface area contributed by atoms with E-state index >= 15 is 0 Å². The van der Waals surface area contributed by atoms with Gasteiger partial charge in [-0.1, -0.05) is 37.8 Å². The van der Waals surface area contributed by atoms with Crippen molar-refractivity contribution >= 4 is 17.6 Å². The Morgan fingerprint density at radius 2 is 2.08 bits per heavy atom. The molecular formula is C18H29N3O3. The number of amides is 2. The molecule has 1 N–H and O–H groups in total. The average Bonchev–Trinajstić information content (AvgIpc) is 2.97. The molecule has 2 rings (SSSR count). The first-order chi connectivity index (χ1) is 11.6. The number of hydrogen-bond donors (Lipinski definition) is 1. The lowest BCUT2D eigenvalue weighted by molar-refractivity contribution is -0.135. The van der Waals surface area contributed by atoms with Crippen molar-refractivity contribution in [3.63, 3.8) is 0 Å². The van der Waals surface area contributed by atoms with Crippen molar-refractivity contribution in [3.05, 3.63) is 11.8 Å². The molecule has 6 heteroatoms. The van der Waals surface area contributed by atoms with Crippen LogP contribution < -0.4 is 5.32 Å². The molecule has 1 fully saturated rings. The van der Waals surface area contributed by atoms with E-state index in [0.29, 0.717) is 30.5 Å². The normalized spacial score (nSPS) is 15.2. The molecule has 134 valence electrons. The molecule has 1 aliphatic rings. The van der Waals surface area contributed by atoms with Gasteiger partial charge < -0.3 is 14.7 Å².